The van der Waals surface area contributed by atoms with Crippen molar-refractivity contribution >= 4 is 8.18 Å². The van der Waals surface area contributed by atoms with Gasteiger partial charge in [-0.1, -0.05) is 53.6 Å². The van der Waals surface area contributed by atoms with Gasteiger partial charge in [-0.25, -0.2) is 4.52 Å². The summed E-state index contributed by atoms with van der Waals surface area (Å²) in [5, 5.41) is 12.6. The van der Waals surface area contributed by atoms with E-state index in [2.05, 4.69) is 5.09 Å². The Bertz CT molecular complexity index is 579. The minimum absolute atomic E-state index is 0.282. The van der Waals surface area contributed by atoms with Crippen LogP contribution in [0.15, 0.2) is 60.7 Å². The number of ether oxygens (including phenoxy) is 1. The molecule has 116 valence electrons. The molecule has 2 N–H and O–H groups in total. The van der Waals surface area contributed by atoms with E-state index < -0.39 is 20.5 Å². The molecule has 0 spiro atoms. The lowest BCUT2D eigenvalue weighted by atomic mass is 10.2. The highest BCUT2D eigenvalue weighted by Crippen LogP contribution is 2.23. The summed E-state index contributed by atoms with van der Waals surface area (Å²) in [4.78, 5) is 0. The summed E-state index contributed by atoms with van der Waals surface area (Å²) in [6.45, 7) is 1.96. The van der Waals surface area contributed by atoms with Gasteiger partial charge in [0.25, 0.3) is 0 Å². The molecule has 0 saturated heterocycles. The van der Waals surface area contributed by atoms with E-state index in [0.717, 1.165) is 5.56 Å². The molecule has 2 aromatic rings. The van der Waals surface area contributed by atoms with Gasteiger partial charge in [-0.3, -0.25) is 0 Å². The van der Waals surface area contributed by atoms with Crippen LogP contribution in [0.3, 0.4) is 0 Å². The van der Waals surface area contributed by atoms with E-state index in [9.17, 15) is 9.67 Å². The van der Waals surface area contributed by atoms with Gasteiger partial charge in [-0.15, -0.1) is 0 Å². The maximum atomic E-state index is 11.8. The zero-order valence-electron chi connectivity index (χ0n) is 12.3. The van der Waals surface area contributed by atoms with Crippen molar-refractivity contribution in [1.29, 1.82) is 0 Å². The van der Waals surface area contributed by atoms with E-state index in [-0.39, 0.29) is 6.61 Å². The molecule has 3 atom stereocenters. The molecule has 2 aromatic carbocycles. The second-order valence-electron chi connectivity index (χ2n) is 4.77. The van der Waals surface area contributed by atoms with Crippen molar-refractivity contribution in [3.8, 4) is 5.75 Å². The average Bonchev–Trinajstić information content (AvgIpc) is 2.54. The van der Waals surface area contributed by atoms with Crippen molar-refractivity contribution in [2.24, 2.45) is 0 Å². The van der Waals surface area contributed by atoms with E-state index in [1.54, 1.807) is 31.2 Å². The second-order valence-corrected chi connectivity index (χ2v) is 5.72. The molecule has 0 aromatic heterocycles. The van der Waals surface area contributed by atoms with Gasteiger partial charge in [0.2, 0.25) is 0 Å². The topological polar surface area (TPSA) is 67.8 Å². The molecule has 5 nitrogen and oxygen atoms in total. The number of aliphatic hydroxyl groups excluding tert-OH is 1. The summed E-state index contributed by atoms with van der Waals surface area (Å²) in [6, 6.07) is 17.8. The molecule has 0 heterocycles. The van der Waals surface area contributed by atoms with Crippen LogP contribution in [0.25, 0.3) is 0 Å². The van der Waals surface area contributed by atoms with Crippen molar-refractivity contribution in [1.82, 2.24) is 5.09 Å². The van der Waals surface area contributed by atoms with Crippen molar-refractivity contribution in [2.75, 3.05) is 0 Å². The highest BCUT2D eigenvalue weighted by Gasteiger charge is 2.28. The van der Waals surface area contributed by atoms with Gasteiger partial charge in [0.1, 0.15) is 6.04 Å². The number of para-hydroxylation sites is 1. The lowest BCUT2D eigenvalue weighted by Gasteiger charge is -2.15. The van der Waals surface area contributed by atoms with Crippen molar-refractivity contribution < 1.29 is 18.9 Å². The quantitative estimate of drug-likeness (QED) is 0.577. The maximum absolute atomic E-state index is 11.8. The first-order valence-electron chi connectivity index (χ1n) is 6.95. The Morgan fingerprint density at radius 2 is 1.68 bits per heavy atom. The van der Waals surface area contributed by atoms with Crippen LogP contribution in [0.2, 0.25) is 0 Å². The van der Waals surface area contributed by atoms with Crippen LogP contribution in [-0.4, -0.2) is 17.4 Å². The monoisotopic (exact) mass is 320 g/mol. The molecule has 0 aliphatic carbocycles. The molecular formula is C16H19NO4P+. The molecule has 6 heteroatoms. The first-order valence-corrected chi connectivity index (χ1v) is 8.13. The largest absolute Gasteiger partial charge is 0.664 e. The lowest BCUT2D eigenvalue weighted by molar-refractivity contribution is -0.121. The van der Waals surface area contributed by atoms with Crippen molar-refractivity contribution in [3.05, 3.63) is 66.2 Å². The number of nitrogens with one attached hydrogen (secondary N) is 1. The number of aliphatic hydroxyl groups is 1. The third-order valence-electron chi connectivity index (χ3n) is 2.93. The standard InChI is InChI=1S/C16H19NO4P/c1-13(16(18)20-12-14-8-4-2-5-9-14)17-22(19)21-15-10-6-3-7-11-15/h2-11,13,16,18H,12H2,1H3,(H,17,19)/q+1/t13-,16-/m0/s1. The van der Waals surface area contributed by atoms with Gasteiger partial charge in [-0.05, 0) is 24.6 Å². The molecule has 0 aliphatic heterocycles. The van der Waals surface area contributed by atoms with Crippen molar-refractivity contribution in [2.45, 2.75) is 25.9 Å². The Labute approximate surface area is 130 Å². The summed E-state index contributed by atoms with van der Waals surface area (Å²) in [5.74, 6) is 0.503. The predicted molar refractivity (Wildman–Crippen MR) is 84.5 cm³/mol. The van der Waals surface area contributed by atoms with Crippen molar-refractivity contribution in [3.63, 3.8) is 0 Å². The molecule has 0 radical (unpaired) electrons. The first kappa shape index (κ1) is 16.6. The molecule has 0 amide bonds. The summed E-state index contributed by atoms with van der Waals surface area (Å²) in [6.07, 6.45) is -1.08. The molecule has 2 rings (SSSR count). The van der Waals surface area contributed by atoms with Crippen LogP contribution in [0.5, 0.6) is 5.75 Å². The van der Waals surface area contributed by atoms with Gasteiger partial charge in [-0.2, -0.15) is 0 Å². The van der Waals surface area contributed by atoms with E-state index in [4.69, 9.17) is 9.26 Å². The van der Waals surface area contributed by atoms with Gasteiger partial charge in [0.15, 0.2) is 12.0 Å². The molecule has 0 saturated carbocycles. The zero-order valence-corrected chi connectivity index (χ0v) is 13.1. The molecule has 0 aliphatic rings. The van der Waals surface area contributed by atoms with Gasteiger partial charge in [0.05, 0.1) is 6.61 Å². The van der Waals surface area contributed by atoms with Crippen LogP contribution < -0.4 is 9.61 Å². The van der Waals surface area contributed by atoms with Crippen LogP contribution >= 0.6 is 8.18 Å². The second kappa shape index (κ2) is 8.61. The number of hydrogen-bond acceptors (Lipinski definition) is 4. The third-order valence-corrected chi connectivity index (χ3v) is 3.93. The molecule has 0 fully saturated rings. The highest BCUT2D eigenvalue weighted by atomic mass is 31.1. The SMILES string of the molecule is C[C@H](N[P+](=O)Oc1ccccc1)[C@@H](O)OCc1ccccc1. The molecule has 22 heavy (non-hydrogen) atoms. The average molecular weight is 320 g/mol. The lowest BCUT2D eigenvalue weighted by Crippen LogP contribution is -2.35. The number of benzene rings is 2. The minimum atomic E-state index is -2.13. The zero-order chi connectivity index (χ0) is 15.8. The Hall–Kier alpha value is -1.78. The van der Waals surface area contributed by atoms with Gasteiger partial charge >= 0.3 is 8.18 Å². The highest BCUT2D eigenvalue weighted by molar-refractivity contribution is 7.37. The maximum Gasteiger partial charge on any atom is 0.664 e. The minimum Gasteiger partial charge on any atom is -0.366 e. The fourth-order valence-electron chi connectivity index (χ4n) is 1.73. The Balaban J connectivity index is 1.76. The fourth-order valence-corrected chi connectivity index (χ4v) is 2.56. The smallest absolute Gasteiger partial charge is 0.366 e. The van der Waals surface area contributed by atoms with E-state index in [1.165, 1.54) is 0 Å². The van der Waals surface area contributed by atoms with Crippen LogP contribution in [0, 0.1) is 0 Å². The van der Waals surface area contributed by atoms with Gasteiger partial charge in [0, 0.05) is 4.57 Å². The van der Waals surface area contributed by atoms with Crippen LogP contribution in [0.1, 0.15) is 12.5 Å². The molecular weight excluding hydrogens is 301 g/mol. The first-order chi connectivity index (χ1) is 10.6. The Kier molecular flexibility index (Phi) is 6.49. The molecule has 0 bridgehead atoms. The summed E-state index contributed by atoms with van der Waals surface area (Å²) >= 11 is 0. The molecule has 1 unspecified atom stereocenters. The van der Waals surface area contributed by atoms with Gasteiger partial charge < -0.3 is 9.84 Å². The summed E-state index contributed by atoms with van der Waals surface area (Å²) < 4.78 is 22.4. The van der Waals surface area contributed by atoms with E-state index >= 15 is 0 Å². The summed E-state index contributed by atoms with van der Waals surface area (Å²) in [7, 11) is -2.13. The number of rotatable bonds is 8. The van der Waals surface area contributed by atoms with E-state index in [0.29, 0.717) is 5.75 Å². The Morgan fingerprint density at radius 3 is 2.32 bits per heavy atom. The predicted octanol–water partition coefficient (Wildman–Crippen LogP) is 3.24. The Morgan fingerprint density at radius 1 is 1.09 bits per heavy atom. The normalized spacial score (nSPS) is 14.2. The summed E-state index contributed by atoms with van der Waals surface area (Å²) in [5.41, 5.74) is 0.957. The van der Waals surface area contributed by atoms with Crippen LogP contribution in [-0.2, 0) is 15.9 Å². The fraction of sp³-hybridized carbons (Fsp3) is 0.250. The third kappa shape index (κ3) is 5.54. The van der Waals surface area contributed by atoms with E-state index in [1.807, 2.05) is 36.4 Å². The number of hydrogen-bond donors (Lipinski definition) is 2. The van der Waals surface area contributed by atoms with Crippen LogP contribution in [0.4, 0.5) is 0 Å².